The van der Waals surface area contributed by atoms with E-state index >= 15 is 0 Å². The zero-order valence-electron chi connectivity index (χ0n) is 11.6. The molecule has 110 valence electrons. The Morgan fingerprint density at radius 3 is 2.43 bits per heavy atom. The molecule has 1 amide bonds. The van der Waals surface area contributed by atoms with E-state index < -0.39 is 15.7 Å². The van der Waals surface area contributed by atoms with Gasteiger partial charge in [-0.05, 0) is 36.8 Å². The molecule has 0 fully saturated rings. The Morgan fingerprint density at radius 2 is 1.81 bits per heavy atom. The van der Waals surface area contributed by atoms with Crippen molar-refractivity contribution in [2.45, 2.75) is 11.8 Å². The second kappa shape index (κ2) is 5.87. The first-order valence-electron chi connectivity index (χ1n) is 6.15. The van der Waals surface area contributed by atoms with Gasteiger partial charge in [-0.15, -0.1) is 0 Å². The summed E-state index contributed by atoms with van der Waals surface area (Å²) in [6.45, 7) is 1.89. The lowest BCUT2D eigenvalue weighted by molar-refractivity contribution is 0.102. The number of halogens is 1. The minimum Gasteiger partial charge on any atom is -0.321 e. The van der Waals surface area contributed by atoms with Crippen LogP contribution in [0.15, 0.2) is 47.4 Å². The Bertz CT molecular complexity index is 800. The van der Waals surface area contributed by atoms with E-state index in [2.05, 4.69) is 5.32 Å². The number of aryl methyl sites for hydroxylation is 1. The molecule has 0 saturated heterocycles. The smallest absolute Gasteiger partial charge is 0.257 e. The zero-order chi connectivity index (χ0) is 15.6. The van der Waals surface area contributed by atoms with Crippen molar-refractivity contribution in [3.05, 3.63) is 58.6 Å². The molecule has 0 aliphatic heterocycles. The van der Waals surface area contributed by atoms with Gasteiger partial charge in [-0.1, -0.05) is 29.8 Å². The minimum absolute atomic E-state index is 0.00858. The van der Waals surface area contributed by atoms with Crippen molar-refractivity contribution >= 4 is 33.0 Å². The third-order valence-corrected chi connectivity index (χ3v) is 4.37. The molecular weight excluding hydrogens is 310 g/mol. The fraction of sp³-hybridized carbons (Fsp3) is 0.133. The molecule has 0 bridgehead atoms. The molecule has 4 nitrogen and oxygen atoms in total. The summed E-state index contributed by atoms with van der Waals surface area (Å²) < 4.78 is 23.4. The predicted molar refractivity (Wildman–Crippen MR) is 83.7 cm³/mol. The monoisotopic (exact) mass is 323 g/mol. The van der Waals surface area contributed by atoms with Gasteiger partial charge in [-0.3, -0.25) is 4.79 Å². The molecular formula is C15H14ClNO3S. The maximum absolute atomic E-state index is 12.3. The molecule has 1 N–H and O–H groups in total. The van der Waals surface area contributed by atoms with Gasteiger partial charge in [0.05, 0.1) is 21.2 Å². The van der Waals surface area contributed by atoms with Crippen LogP contribution in [0.4, 0.5) is 5.69 Å². The molecule has 0 radical (unpaired) electrons. The van der Waals surface area contributed by atoms with Crippen LogP contribution in [0, 0.1) is 6.92 Å². The van der Waals surface area contributed by atoms with Crippen molar-refractivity contribution in [1.82, 2.24) is 0 Å². The molecule has 2 rings (SSSR count). The van der Waals surface area contributed by atoms with Crippen LogP contribution in [0.1, 0.15) is 15.9 Å². The van der Waals surface area contributed by atoms with Crippen LogP contribution >= 0.6 is 11.6 Å². The topological polar surface area (TPSA) is 63.2 Å². The van der Waals surface area contributed by atoms with Crippen molar-refractivity contribution in [2.24, 2.45) is 0 Å². The summed E-state index contributed by atoms with van der Waals surface area (Å²) in [5.41, 5.74) is 1.50. The van der Waals surface area contributed by atoms with Crippen LogP contribution < -0.4 is 5.32 Å². The van der Waals surface area contributed by atoms with E-state index in [1.807, 2.05) is 13.0 Å². The number of hydrogen-bond donors (Lipinski definition) is 1. The van der Waals surface area contributed by atoms with E-state index in [0.29, 0.717) is 10.7 Å². The molecule has 6 heteroatoms. The molecule has 0 aliphatic rings. The van der Waals surface area contributed by atoms with E-state index in [0.717, 1.165) is 11.8 Å². The second-order valence-electron chi connectivity index (χ2n) is 4.71. The van der Waals surface area contributed by atoms with Crippen molar-refractivity contribution in [2.75, 3.05) is 11.6 Å². The molecule has 21 heavy (non-hydrogen) atoms. The molecule has 0 aliphatic carbocycles. The van der Waals surface area contributed by atoms with Gasteiger partial charge in [-0.25, -0.2) is 8.42 Å². The van der Waals surface area contributed by atoms with Gasteiger partial charge in [0.15, 0.2) is 9.84 Å². The molecule has 0 heterocycles. The highest BCUT2D eigenvalue weighted by Crippen LogP contribution is 2.24. The maximum atomic E-state index is 12.3. The quantitative estimate of drug-likeness (QED) is 0.942. The first kappa shape index (κ1) is 15.5. The van der Waals surface area contributed by atoms with Gasteiger partial charge in [-0.2, -0.15) is 0 Å². The number of sulfone groups is 1. The van der Waals surface area contributed by atoms with E-state index in [-0.39, 0.29) is 10.5 Å². The van der Waals surface area contributed by atoms with Crippen LogP contribution in [0.3, 0.4) is 0 Å². The molecule has 2 aromatic carbocycles. The first-order chi connectivity index (χ1) is 9.79. The van der Waals surface area contributed by atoms with E-state index in [1.54, 1.807) is 24.3 Å². The molecule has 0 unspecified atom stereocenters. The van der Waals surface area contributed by atoms with Gasteiger partial charge in [0.1, 0.15) is 0 Å². The third-order valence-electron chi connectivity index (χ3n) is 2.90. The number of nitrogens with one attached hydrogen (secondary N) is 1. The Hall–Kier alpha value is -1.85. The molecule has 0 spiro atoms. The lowest BCUT2D eigenvalue weighted by Crippen LogP contribution is -2.16. The fourth-order valence-electron chi connectivity index (χ4n) is 1.89. The molecule has 2 aromatic rings. The number of carbonyl (C=O) groups excluding carboxylic acids is 1. The van der Waals surface area contributed by atoms with Crippen LogP contribution in [-0.4, -0.2) is 20.6 Å². The lowest BCUT2D eigenvalue weighted by atomic mass is 10.2. The van der Waals surface area contributed by atoms with Crippen LogP contribution in [0.25, 0.3) is 0 Å². The SMILES string of the molecule is Cc1ccc(NC(=O)c2ccccc2S(C)(=O)=O)c(Cl)c1. The largest absolute Gasteiger partial charge is 0.321 e. The van der Waals surface area contributed by atoms with Gasteiger partial charge >= 0.3 is 0 Å². The highest BCUT2D eigenvalue weighted by atomic mass is 35.5. The van der Waals surface area contributed by atoms with Crippen molar-refractivity contribution < 1.29 is 13.2 Å². The van der Waals surface area contributed by atoms with Gasteiger partial charge in [0.2, 0.25) is 0 Å². The Morgan fingerprint density at radius 1 is 1.14 bits per heavy atom. The standard InChI is InChI=1S/C15H14ClNO3S/c1-10-7-8-13(12(16)9-10)17-15(18)11-5-3-4-6-14(11)21(2,19)20/h3-9H,1-2H3,(H,17,18). The number of hydrogen-bond acceptors (Lipinski definition) is 3. The molecule has 0 atom stereocenters. The number of benzene rings is 2. The van der Waals surface area contributed by atoms with Crippen molar-refractivity contribution in [3.63, 3.8) is 0 Å². The third kappa shape index (κ3) is 3.62. The van der Waals surface area contributed by atoms with E-state index in [4.69, 9.17) is 11.6 Å². The Balaban J connectivity index is 2.38. The predicted octanol–water partition coefficient (Wildman–Crippen LogP) is 3.30. The maximum Gasteiger partial charge on any atom is 0.257 e. The van der Waals surface area contributed by atoms with Crippen LogP contribution in [0.5, 0.6) is 0 Å². The minimum atomic E-state index is -3.48. The average molecular weight is 324 g/mol. The number of anilines is 1. The highest BCUT2D eigenvalue weighted by molar-refractivity contribution is 7.90. The van der Waals surface area contributed by atoms with Crippen LogP contribution in [-0.2, 0) is 9.84 Å². The second-order valence-corrected chi connectivity index (χ2v) is 7.10. The molecule has 0 aromatic heterocycles. The van der Waals surface area contributed by atoms with E-state index in [1.165, 1.54) is 12.1 Å². The lowest BCUT2D eigenvalue weighted by Gasteiger charge is -2.10. The van der Waals surface area contributed by atoms with Gasteiger partial charge in [0.25, 0.3) is 5.91 Å². The Labute approximate surface area is 128 Å². The number of carbonyl (C=O) groups is 1. The Kier molecular flexibility index (Phi) is 4.34. The van der Waals surface area contributed by atoms with E-state index in [9.17, 15) is 13.2 Å². The average Bonchev–Trinajstić information content (AvgIpc) is 2.41. The molecule has 0 saturated carbocycles. The fourth-order valence-corrected chi connectivity index (χ4v) is 3.06. The van der Waals surface area contributed by atoms with Crippen molar-refractivity contribution in [3.8, 4) is 0 Å². The normalized spacial score (nSPS) is 11.2. The summed E-state index contributed by atoms with van der Waals surface area (Å²) in [4.78, 5) is 12.3. The highest BCUT2D eigenvalue weighted by Gasteiger charge is 2.18. The summed E-state index contributed by atoms with van der Waals surface area (Å²) >= 11 is 6.06. The van der Waals surface area contributed by atoms with Gasteiger partial charge < -0.3 is 5.32 Å². The summed E-state index contributed by atoms with van der Waals surface area (Å²) in [7, 11) is -3.48. The first-order valence-corrected chi connectivity index (χ1v) is 8.42. The van der Waals surface area contributed by atoms with Crippen LogP contribution in [0.2, 0.25) is 5.02 Å². The van der Waals surface area contributed by atoms with Crippen molar-refractivity contribution in [1.29, 1.82) is 0 Å². The summed E-state index contributed by atoms with van der Waals surface area (Å²) in [5.74, 6) is -0.512. The van der Waals surface area contributed by atoms with Gasteiger partial charge in [0, 0.05) is 6.26 Å². The summed E-state index contributed by atoms with van der Waals surface area (Å²) in [6.07, 6.45) is 1.07. The zero-order valence-corrected chi connectivity index (χ0v) is 13.1. The number of rotatable bonds is 3. The summed E-state index contributed by atoms with van der Waals surface area (Å²) in [6, 6.07) is 11.3. The summed E-state index contributed by atoms with van der Waals surface area (Å²) in [5, 5.41) is 3.03. The number of amides is 1.